The van der Waals surface area contributed by atoms with Crippen LogP contribution in [0.4, 0.5) is 4.39 Å². The zero-order valence-corrected chi connectivity index (χ0v) is 8.74. The molecule has 0 unspecified atom stereocenters. The van der Waals surface area contributed by atoms with E-state index < -0.39 is 11.8 Å². The quantitative estimate of drug-likeness (QED) is 0.445. The Balaban J connectivity index is 3.00. The van der Waals surface area contributed by atoms with Gasteiger partial charge in [0.1, 0.15) is 11.9 Å². The first kappa shape index (κ1) is 11.9. The molecule has 1 aromatic rings. The lowest BCUT2D eigenvalue weighted by Gasteiger charge is -1.99. The molecular formula is C12H10FNO2. The van der Waals surface area contributed by atoms with E-state index in [9.17, 15) is 9.18 Å². The van der Waals surface area contributed by atoms with Gasteiger partial charge in [-0.2, -0.15) is 5.26 Å². The fraction of sp³-hybridized carbons (Fsp3) is 0.167. The van der Waals surface area contributed by atoms with Gasteiger partial charge >= 0.3 is 5.97 Å². The molecule has 0 fully saturated rings. The number of rotatable bonds is 3. The lowest BCUT2D eigenvalue weighted by molar-refractivity contribution is -0.137. The highest BCUT2D eigenvalue weighted by molar-refractivity contribution is 5.95. The van der Waals surface area contributed by atoms with E-state index >= 15 is 0 Å². The maximum Gasteiger partial charge on any atom is 0.332 e. The van der Waals surface area contributed by atoms with Gasteiger partial charge in [-0.1, -0.05) is 12.1 Å². The van der Waals surface area contributed by atoms with Gasteiger partial charge in [-0.25, -0.2) is 9.18 Å². The number of esters is 1. The van der Waals surface area contributed by atoms with Crippen LogP contribution in [-0.4, -0.2) is 12.6 Å². The zero-order valence-electron chi connectivity index (χ0n) is 8.74. The predicted octanol–water partition coefficient (Wildman–Crippen LogP) is 2.30. The Bertz CT molecular complexity index is 460. The van der Waals surface area contributed by atoms with Crippen LogP contribution in [0, 0.1) is 17.1 Å². The molecule has 0 saturated heterocycles. The molecule has 0 atom stereocenters. The molecule has 0 bridgehead atoms. The second-order valence-corrected chi connectivity index (χ2v) is 2.93. The van der Waals surface area contributed by atoms with Crippen LogP contribution in [0.15, 0.2) is 30.3 Å². The average Bonchev–Trinajstić information content (AvgIpc) is 2.26. The minimum absolute atomic E-state index is 0.0814. The van der Waals surface area contributed by atoms with Crippen LogP contribution in [0.1, 0.15) is 12.5 Å². The summed E-state index contributed by atoms with van der Waals surface area (Å²) in [5, 5.41) is 8.84. The van der Waals surface area contributed by atoms with Crippen molar-refractivity contribution in [1.29, 1.82) is 5.26 Å². The zero-order chi connectivity index (χ0) is 12.0. The number of ether oxygens (including phenoxy) is 1. The van der Waals surface area contributed by atoms with E-state index in [1.54, 1.807) is 13.0 Å². The predicted molar refractivity (Wildman–Crippen MR) is 56.6 cm³/mol. The third kappa shape index (κ3) is 3.21. The molecule has 0 saturated carbocycles. The summed E-state index contributed by atoms with van der Waals surface area (Å²) < 4.78 is 17.6. The first-order chi connectivity index (χ1) is 7.67. The van der Waals surface area contributed by atoms with Gasteiger partial charge in [-0.15, -0.1) is 0 Å². The minimum atomic E-state index is -0.608. The van der Waals surface area contributed by atoms with Crippen molar-refractivity contribution in [2.45, 2.75) is 6.92 Å². The highest BCUT2D eigenvalue weighted by Gasteiger charge is 2.05. The standard InChI is InChI=1S/C12H10FNO2/c1-2-16-12(15)7-10(8-14)9-4-3-5-11(13)6-9/h3-7H,2H2,1H3. The molecule has 82 valence electrons. The Kier molecular flexibility index (Phi) is 4.22. The molecule has 0 radical (unpaired) electrons. The number of nitrogens with zero attached hydrogens (tertiary/aromatic N) is 1. The van der Waals surface area contributed by atoms with Gasteiger partial charge in [0.15, 0.2) is 0 Å². The van der Waals surface area contributed by atoms with Crippen LogP contribution in [0.3, 0.4) is 0 Å². The van der Waals surface area contributed by atoms with E-state index in [0.29, 0.717) is 5.56 Å². The van der Waals surface area contributed by atoms with Crippen molar-refractivity contribution in [3.63, 3.8) is 0 Å². The molecule has 3 nitrogen and oxygen atoms in total. The minimum Gasteiger partial charge on any atom is -0.463 e. The summed E-state index contributed by atoms with van der Waals surface area (Å²) >= 11 is 0. The number of hydrogen-bond acceptors (Lipinski definition) is 3. The smallest absolute Gasteiger partial charge is 0.332 e. The van der Waals surface area contributed by atoms with E-state index in [2.05, 4.69) is 4.74 Å². The summed E-state index contributed by atoms with van der Waals surface area (Å²) in [7, 11) is 0. The van der Waals surface area contributed by atoms with Gasteiger partial charge in [0.25, 0.3) is 0 Å². The summed E-state index contributed by atoms with van der Waals surface area (Å²) in [5.41, 5.74) is 0.438. The maximum atomic E-state index is 12.9. The molecular weight excluding hydrogens is 209 g/mol. The molecule has 0 aliphatic rings. The van der Waals surface area contributed by atoms with E-state index in [1.807, 2.05) is 6.07 Å². The van der Waals surface area contributed by atoms with Crippen molar-refractivity contribution in [2.24, 2.45) is 0 Å². The van der Waals surface area contributed by atoms with Crippen molar-refractivity contribution < 1.29 is 13.9 Å². The monoisotopic (exact) mass is 219 g/mol. The van der Waals surface area contributed by atoms with E-state index in [-0.39, 0.29) is 12.2 Å². The molecule has 1 rings (SSSR count). The third-order valence-corrected chi connectivity index (χ3v) is 1.80. The Morgan fingerprint density at radius 2 is 2.38 bits per heavy atom. The first-order valence-electron chi connectivity index (χ1n) is 4.72. The van der Waals surface area contributed by atoms with Crippen LogP contribution in [0.5, 0.6) is 0 Å². The fourth-order valence-electron chi connectivity index (χ4n) is 1.14. The summed E-state index contributed by atoms with van der Waals surface area (Å²) in [6.45, 7) is 1.90. The van der Waals surface area contributed by atoms with Crippen LogP contribution >= 0.6 is 0 Å². The maximum absolute atomic E-state index is 12.9. The van der Waals surface area contributed by atoms with Gasteiger partial charge in [0.05, 0.1) is 12.2 Å². The molecule has 16 heavy (non-hydrogen) atoms. The number of allylic oxidation sites excluding steroid dienone is 1. The molecule has 4 heteroatoms. The number of hydrogen-bond donors (Lipinski definition) is 0. The van der Waals surface area contributed by atoms with Crippen LogP contribution in [0.2, 0.25) is 0 Å². The normalized spacial score (nSPS) is 10.7. The summed E-state index contributed by atoms with van der Waals surface area (Å²) in [6, 6.07) is 7.31. The highest BCUT2D eigenvalue weighted by atomic mass is 19.1. The molecule has 0 aliphatic carbocycles. The topological polar surface area (TPSA) is 50.1 Å². The van der Waals surface area contributed by atoms with Crippen LogP contribution in [0.25, 0.3) is 5.57 Å². The molecule has 0 aliphatic heterocycles. The van der Waals surface area contributed by atoms with Crippen molar-refractivity contribution >= 4 is 11.5 Å². The van der Waals surface area contributed by atoms with Gasteiger partial charge in [-0.3, -0.25) is 0 Å². The van der Waals surface area contributed by atoms with Crippen molar-refractivity contribution in [1.82, 2.24) is 0 Å². The van der Waals surface area contributed by atoms with Crippen LogP contribution in [-0.2, 0) is 9.53 Å². The van der Waals surface area contributed by atoms with E-state index in [4.69, 9.17) is 5.26 Å². The van der Waals surface area contributed by atoms with Gasteiger partial charge < -0.3 is 4.74 Å². The summed E-state index contributed by atoms with van der Waals surface area (Å²) in [4.78, 5) is 11.1. The molecule has 0 aromatic heterocycles. The van der Waals surface area contributed by atoms with Gasteiger partial charge in [0.2, 0.25) is 0 Å². The largest absolute Gasteiger partial charge is 0.463 e. The van der Waals surface area contributed by atoms with Crippen molar-refractivity contribution in [3.05, 3.63) is 41.7 Å². The Morgan fingerprint density at radius 3 is 2.94 bits per heavy atom. The van der Waals surface area contributed by atoms with Crippen molar-refractivity contribution in [3.8, 4) is 6.07 Å². The average molecular weight is 219 g/mol. The lowest BCUT2D eigenvalue weighted by Crippen LogP contribution is -2.00. The SMILES string of the molecule is CCOC(=O)C=C(C#N)c1cccc(F)c1. The number of nitriles is 1. The Morgan fingerprint density at radius 1 is 1.62 bits per heavy atom. The molecule has 0 N–H and O–H groups in total. The first-order valence-corrected chi connectivity index (χ1v) is 4.72. The number of carbonyl (C=O) groups is 1. The third-order valence-electron chi connectivity index (χ3n) is 1.80. The number of benzene rings is 1. The molecule has 0 heterocycles. The molecule has 0 spiro atoms. The Labute approximate surface area is 92.8 Å². The second kappa shape index (κ2) is 5.66. The fourth-order valence-corrected chi connectivity index (χ4v) is 1.14. The van der Waals surface area contributed by atoms with E-state index in [1.165, 1.54) is 18.2 Å². The van der Waals surface area contributed by atoms with Crippen LogP contribution < -0.4 is 0 Å². The van der Waals surface area contributed by atoms with Gasteiger partial charge in [0, 0.05) is 6.08 Å². The lowest BCUT2D eigenvalue weighted by atomic mass is 10.1. The highest BCUT2D eigenvalue weighted by Crippen LogP contribution is 2.14. The van der Waals surface area contributed by atoms with Gasteiger partial charge in [-0.05, 0) is 24.6 Å². The second-order valence-electron chi connectivity index (χ2n) is 2.93. The molecule has 1 aromatic carbocycles. The summed E-state index contributed by atoms with van der Waals surface area (Å²) in [6.07, 6.45) is 1.05. The van der Waals surface area contributed by atoms with Crippen molar-refractivity contribution in [2.75, 3.05) is 6.61 Å². The Hall–Kier alpha value is -2.15. The number of carbonyl (C=O) groups excluding carboxylic acids is 1. The molecule has 0 amide bonds. The number of halogens is 1. The van der Waals surface area contributed by atoms with E-state index in [0.717, 1.165) is 6.08 Å². The summed E-state index contributed by atoms with van der Waals surface area (Å²) in [5.74, 6) is -1.06.